The van der Waals surface area contributed by atoms with Crippen LogP contribution in [0.1, 0.15) is 37.4 Å². The third kappa shape index (κ3) is 2.48. The van der Waals surface area contributed by atoms with Gasteiger partial charge in [-0.05, 0) is 25.7 Å². The molecule has 0 radical (unpaired) electrons. The highest BCUT2D eigenvalue weighted by Gasteiger charge is 2.40. The average molecular weight is 235 g/mol. The van der Waals surface area contributed by atoms with E-state index in [9.17, 15) is 0 Å². The zero-order valence-electron chi connectivity index (χ0n) is 10.0. The van der Waals surface area contributed by atoms with E-state index in [0.717, 1.165) is 25.7 Å². The standard InChI is InChI=1S/C12H17N3O2/c1-3-8-13-9-10-14-11(15-17-10)12(16-2)6-4-5-7-12/h1,13H,4-9H2,2H3. The molecular weight excluding hydrogens is 218 g/mol. The highest BCUT2D eigenvalue weighted by atomic mass is 16.5. The molecular formula is C12H17N3O2. The summed E-state index contributed by atoms with van der Waals surface area (Å²) in [7, 11) is 1.71. The number of methoxy groups -OCH3 is 1. The van der Waals surface area contributed by atoms with Gasteiger partial charge in [-0.15, -0.1) is 6.42 Å². The maximum Gasteiger partial charge on any atom is 0.240 e. The Morgan fingerprint density at radius 3 is 2.94 bits per heavy atom. The van der Waals surface area contributed by atoms with Gasteiger partial charge in [0.15, 0.2) is 0 Å². The van der Waals surface area contributed by atoms with E-state index >= 15 is 0 Å². The van der Waals surface area contributed by atoms with Crippen LogP contribution in [0.2, 0.25) is 0 Å². The molecule has 0 saturated heterocycles. The Morgan fingerprint density at radius 2 is 2.29 bits per heavy atom. The number of nitrogens with zero attached hydrogens (tertiary/aromatic N) is 2. The molecule has 0 bridgehead atoms. The fraction of sp³-hybridized carbons (Fsp3) is 0.667. The van der Waals surface area contributed by atoms with Crippen LogP contribution in [0.25, 0.3) is 0 Å². The van der Waals surface area contributed by atoms with Gasteiger partial charge in [-0.3, -0.25) is 5.32 Å². The minimum atomic E-state index is -0.339. The van der Waals surface area contributed by atoms with E-state index in [4.69, 9.17) is 15.7 Å². The molecule has 1 aliphatic carbocycles. The number of rotatable bonds is 5. The number of hydrogen-bond donors (Lipinski definition) is 1. The van der Waals surface area contributed by atoms with E-state index in [1.807, 2.05) is 0 Å². The summed E-state index contributed by atoms with van der Waals surface area (Å²) >= 11 is 0. The Labute approximate surface area is 101 Å². The van der Waals surface area contributed by atoms with Crippen LogP contribution in [0.4, 0.5) is 0 Å². The first-order chi connectivity index (χ1) is 8.30. The van der Waals surface area contributed by atoms with Crippen molar-refractivity contribution >= 4 is 0 Å². The van der Waals surface area contributed by atoms with Crippen molar-refractivity contribution in [3.63, 3.8) is 0 Å². The summed E-state index contributed by atoms with van der Waals surface area (Å²) in [5, 5.41) is 7.03. The van der Waals surface area contributed by atoms with Crippen molar-refractivity contribution < 1.29 is 9.26 Å². The zero-order chi connectivity index (χ0) is 12.1. The smallest absolute Gasteiger partial charge is 0.240 e. The zero-order valence-corrected chi connectivity index (χ0v) is 10.0. The summed E-state index contributed by atoms with van der Waals surface area (Å²) in [5.41, 5.74) is -0.339. The Kier molecular flexibility index (Phi) is 3.77. The fourth-order valence-corrected chi connectivity index (χ4v) is 2.22. The van der Waals surface area contributed by atoms with Crippen molar-refractivity contribution in [3.8, 4) is 12.3 Å². The molecule has 1 fully saturated rings. The van der Waals surface area contributed by atoms with Crippen LogP contribution in [0, 0.1) is 12.3 Å². The van der Waals surface area contributed by atoms with Gasteiger partial charge in [-0.2, -0.15) is 4.98 Å². The van der Waals surface area contributed by atoms with Crippen LogP contribution in [-0.4, -0.2) is 23.8 Å². The van der Waals surface area contributed by atoms with E-state index in [2.05, 4.69) is 21.4 Å². The minimum Gasteiger partial charge on any atom is -0.370 e. The topological polar surface area (TPSA) is 60.2 Å². The summed E-state index contributed by atoms with van der Waals surface area (Å²) in [6.45, 7) is 0.990. The summed E-state index contributed by atoms with van der Waals surface area (Å²) in [6.07, 6.45) is 9.35. The lowest BCUT2D eigenvalue weighted by Crippen LogP contribution is -2.26. The first-order valence-electron chi connectivity index (χ1n) is 5.83. The molecule has 0 unspecified atom stereocenters. The molecule has 0 atom stereocenters. The molecule has 0 amide bonds. The lowest BCUT2D eigenvalue weighted by molar-refractivity contribution is -0.0178. The minimum absolute atomic E-state index is 0.339. The van der Waals surface area contributed by atoms with Crippen LogP contribution in [0.15, 0.2) is 4.52 Å². The molecule has 1 heterocycles. The Bertz CT molecular complexity index is 402. The molecule has 0 aliphatic heterocycles. The van der Waals surface area contributed by atoms with E-state index in [0.29, 0.717) is 24.8 Å². The van der Waals surface area contributed by atoms with Gasteiger partial charge >= 0.3 is 0 Å². The van der Waals surface area contributed by atoms with Gasteiger partial charge in [0, 0.05) is 7.11 Å². The summed E-state index contributed by atoms with van der Waals surface area (Å²) in [5.74, 6) is 3.71. The quantitative estimate of drug-likeness (QED) is 0.614. The molecule has 2 rings (SSSR count). The molecule has 5 heteroatoms. The first-order valence-corrected chi connectivity index (χ1v) is 5.83. The normalized spacial score (nSPS) is 18.1. The lowest BCUT2D eigenvalue weighted by atomic mass is 10.0. The van der Waals surface area contributed by atoms with Gasteiger partial charge in [0.2, 0.25) is 11.7 Å². The first kappa shape index (κ1) is 12.1. The van der Waals surface area contributed by atoms with Crippen molar-refractivity contribution in [1.29, 1.82) is 0 Å². The van der Waals surface area contributed by atoms with Crippen molar-refractivity contribution in [2.75, 3.05) is 13.7 Å². The molecule has 5 nitrogen and oxygen atoms in total. The van der Waals surface area contributed by atoms with Crippen LogP contribution in [-0.2, 0) is 16.9 Å². The Hall–Kier alpha value is -1.38. The van der Waals surface area contributed by atoms with Crippen molar-refractivity contribution in [1.82, 2.24) is 15.5 Å². The SMILES string of the molecule is C#CCNCc1nc(C2(OC)CCCC2)no1. The number of hydrogen-bond acceptors (Lipinski definition) is 5. The van der Waals surface area contributed by atoms with E-state index in [1.54, 1.807) is 7.11 Å². The maximum absolute atomic E-state index is 5.59. The van der Waals surface area contributed by atoms with Gasteiger partial charge in [-0.25, -0.2) is 0 Å². The average Bonchev–Trinajstić information content (AvgIpc) is 2.98. The molecule has 92 valence electrons. The van der Waals surface area contributed by atoms with Crippen LogP contribution < -0.4 is 5.32 Å². The van der Waals surface area contributed by atoms with Crippen molar-refractivity contribution in [2.24, 2.45) is 0 Å². The summed E-state index contributed by atoms with van der Waals surface area (Å²) in [4.78, 5) is 4.37. The van der Waals surface area contributed by atoms with Crippen molar-refractivity contribution in [2.45, 2.75) is 37.8 Å². The molecule has 1 aliphatic rings. The van der Waals surface area contributed by atoms with Crippen molar-refractivity contribution in [3.05, 3.63) is 11.7 Å². The Balaban J connectivity index is 2.04. The second-order valence-corrected chi connectivity index (χ2v) is 4.22. The molecule has 0 spiro atoms. The fourth-order valence-electron chi connectivity index (χ4n) is 2.22. The summed E-state index contributed by atoms with van der Waals surface area (Å²) < 4.78 is 10.8. The number of nitrogens with one attached hydrogen (secondary N) is 1. The van der Waals surface area contributed by atoms with E-state index in [1.165, 1.54) is 0 Å². The van der Waals surface area contributed by atoms with Gasteiger partial charge in [0.25, 0.3) is 0 Å². The number of ether oxygens (including phenoxy) is 1. The van der Waals surface area contributed by atoms with E-state index in [-0.39, 0.29) is 5.60 Å². The molecule has 1 aromatic heterocycles. The van der Waals surface area contributed by atoms with Crippen LogP contribution in [0.5, 0.6) is 0 Å². The molecule has 1 N–H and O–H groups in total. The highest BCUT2D eigenvalue weighted by Crippen LogP contribution is 2.39. The largest absolute Gasteiger partial charge is 0.370 e. The maximum atomic E-state index is 5.59. The number of aromatic nitrogens is 2. The lowest BCUT2D eigenvalue weighted by Gasteiger charge is -2.22. The predicted molar refractivity (Wildman–Crippen MR) is 62.0 cm³/mol. The third-order valence-corrected chi connectivity index (χ3v) is 3.18. The van der Waals surface area contributed by atoms with Gasteiger partial charge in [0.05, 0.1) is 13.1 Å². The second-order valence-electron chi connectivity index (χ2n) is 4.22. The van der Waals surface area contributed by atoms with Gasteiger partial charge in [0.1, 0.15) is 5.60 Å². The summed E-state index contributed by atoms with van der Waals surface area (Å²) in [6, 6.07) is 0. The van der Waals surface area contributed by atoms with Gasteiger partial charge < -0.3 is 9.26 Å². The highest BCUT2D eigenvalue weighted by molar-refractivity contribution is 5.04. The number of terminal acetylenes is 1. The molecule has 1 aromatic rings. The molecule has 17 heavy (non-hydrogen) atoms. The third-order valence-electron chi connectivity index (χ3n) is 3.18. The Morgan fingerprint density at radius 1 is 1.53 bits per heavy atom. The van der Waals surface area contributed by atoms with Crippen LogP contribution >= 0.6 is 0 Å². The second kappa shape index (κ2) is 5.30. The van der Waals surface area contributed by atoms with Crippen LogP contribution in [0.3, 0.4) is 0 Å². The van der Waals surface area contributed by atoms with E-state index < -0.39 is 0 Å². The van der Waals surface area contributed by atoms with Gasteiger partial charge in [-0.1, -0.05) is 11.1 Å². The molecule has 1 saturated carbocycles. The monoisotopic (exact) mass is 235 g/mol. The predicted octanol–water partition coefficient (Wildman–Crippen LogP) is 1.21. The molecule has 0 aromatic carbocycles.